The van der Waals surface area contributed by atoms with Gasteiger partial charge in [0, 0.05) is 12.7 Å². The fraction of sp³-hybridized carbons (Fsp3) is 0.267. The van der Waals surface area contributed by atoms with Gasteiger partial charge in [-0.05, 0) is 30.0 Å². The smallest absolute Gasteiger partial charge is 0.144 e. The van der Waals surface area contributed by atoms with Gasteiger partial charge in [0.2, 0.25) is 0 Å². The van der Waals surface area contributed by atoms with Crippen molar-refractivity contribution in [3.8, 4) is 0 Å². The van der Waals surface area contributed by atoms with Gasteiger partial charge in [0.25, 0.3) is 0 Å². The number of nitrogens with one attached hydrogen (secondary N) is 1. The van der Waals surface area contributed by atoms with E-state index in [1.807, 2.05) is 18.2 Å². The maximum absolute atomic E-state index is 6.03. The molecule has 18 heavy (non-hydrogen) atoms. The molecule has 1 aromatic carbocycles. The van der Waals surface area contributed by atoms with Gasteiger partial charge in [-0.3, -0.25) is 0 Å². The van der Waals surface area contributed by atoms with Gasteiger partial charge in [-0.15, -0.1) is 0 Å². The summed E-state index contributed by atoms with van der Waals surface area (Å²) in [5, 5.41) is 3.94. The molecule has 1 aromatic heterocycles. The van der Waals surface area contributed by atoms with Crippen molar-refractivity contribution < 1.29 is 0 Å². The number of anilines is 1. The van der Waals surface area contributed by atoms with Crippen LogP contribution in [0.2, 0.25) is 5.02 Å². The molecule has 2 nitrogen and oxygen atoms in total. The van der Waals surface area contributed by atoms with E-state index in [2.05, 4.69) is 41.5 Å². The summed E-state index contributed by atoms with van der Waals surface area (Å²) in [7, 11) is 0. The van der Waals surface area contributed by atoms with Crippen LogP contribution in [0.3, 0.4) is 0 Å². The van der Waals surface area contributed by atoms with E-state index in [0.717, 1.165) is 18.8 Å². The first-order valence-corrected chi connectivity index (χ1v) is 6.54. The number of hydrogen-bond donors (Lipinski definition) is 1. The average molecular weight is 261 g/mol. The highest BCUT2D eigenvalue weighted by Crippen LogP contribution is 2.20. The second kappa shape index (κ2) is 6.41. The van der Waals surface area contributed by atoms with Crippen LogP contribution in [0.25, 0.3) is 0 Å². The molecule has 0 bridgehead atoms. The van der Waals surface area contributed by atoms with E-state index in [0.29, 0.717) is 10.9 Å². The minimum absolute atomic E-state index is 0.529. The molecule has 1 unspecified atom stereocenters. The maximum atomic E-state index is 6.03. The van der Waals surface area contributed by atoms with Crippen molar-refractivity contribution in [2.24, 2.45) is 0 Å². The minimum atomic E-state index is 0.529. The second-order valence-electron chi connectivity index (χ2n) is 4.36. The Labute approximate surface area is 113 Å². The Balaban J connectivity index is 1.84. The molecule has 1 N–H and O–H groups in total. The summed E-state index contributed by atoms with van der Waals surface area (Å²) in [6.07, 6.45) is 2.80. The van der Waals surface area contributed by atoms with Crippen molar-refractivity contribution in [2.45, 2.75) is 19.3 Å². The lowest BCUT2D eigenvalue weighted by Crippen LogP contribution is -2.07. The van der Waals surface area contributed by atoms with Gasteiger partial charge < -0.3 is 5.32 Å². The standard InChI is InChI=1S/C15H17ClN2/c1-12(13-6-3-2-4-7-13)9-11-18-15-14(16)8-5-10-17-15/h2-8,10,12H,9,11H2,1H3,(H,17,18). The lowest BCUT2D eigenvalue weighted by atomic mass is 9.98. The van der Waals surface area contributed by atoms with Crippen LogP contribution in [0, 0.1) is 0 Å². The molecule has 0 saturated heterocycles. The van der Waals surface area contributed by atoms with E-state index in [1.165, 1.54) is 5.56 Å². The highest BCUT2D eigenvalue weighted by Gasteiger charge is 2.05. The van der Waals surface area contributed by atoms with Crippen LogP contribution in [0.15, 0.2) is 48.7 Å². The molecule has 0 fully saturated rings. The van der Waals surface area contributed by atoms with Crippen molar-refractivity contribution in [1.82, 2.24) is 4.98 Å². The van der Waals surface area contributed by atoms with Gasteiger partial charge in [-0.1, -0.05) is 48.9 Å². The number of rotatable bonds is 5. The van der Waals surface area contributed by atoms with Crippen LogP contribution in [0.1, 0.15) is 24.8 Å². The second-order valence-corrected chi connectivity index (χ2v) is 4.77. The first-order chi connectivity index (χ1) is 8.77. The van der Waals surface area contributed by atoms with Gasteiger partial charge in [0.15, 0.2) is 0 Å². The number of benzene rings is 1. The molecule has 0 radical (unpaired) electrons. The first kappa shape index (κ1) is 12.9. The van der Waals surface area contributed by atoms with E-state index in [4.69, 9.17) is 11.6 Å². The minimum Gasteiger partial charge on any atom is -0.369 e. The number of halogens is 1. The lowest BCUT2D eigenvalue weighted by molar-refractivity contribution is 0.705. The molecule has 0 spiro atoms. The third kappa shape index (κ3) is 3.47. The van der Waals surface area contributed by atoms with Crippen LogP contribution < -0.4 is 5.32 Å². The van der Waals surface area contributed by atoms with E-state index in [9.17, 15) is 0 Å². The monoisotopic (exact) mass is 260 g/mol. The Kier molecular flexibility index (Phi) is 4.59. The molecule has 0 amide bonds. The molecule has 0 saturated carbocycles. The van der Waals surface area contributed by atoms with Gasteiger partial charge in [0.1, 0.15) is 5.82 Å². The van der Waals surface area contributed by atoms with E-state index in [-0.39, 0.29) is 0 Å². The molecule has 94 valence electrons. The molecule has 2 rings (SSSR count). The third-order valence-electron chi connectivity index (χ3n) is 3.00. The average Bonchev–Trinajstić information content (AvgIpc) is 2.42. The summed E-state index contributed by atoms with van der Waals surface area (Å²) in [5.74, 6) is 1.29. The van der Waals surface area contributed by atoms with Crippen LogP contribution in [0.5, 0.6) is 0 Å². The Hall–Kier alpha value is -1.54. The largest absolute Gasteiger partial charge is 0.369 e. The van der Waals surface area contributed by atoms with Crippen molar-refractivity contribution in [3.63, 3.8) is 0 Å². The van der Waals surface area contributed by atoms with E-state index in [1.54, 1.807) is 6.20 Å². The highest BCUT2D eigenvalue weighted by molar-refractivity contribution is 6.32. The van der Waals surface area contributed by atoms with Crippen molar-refractivity contribution >= 4 is 17.4 Å². The Morgan fingerprint density at radius 1 is 1.17 bits per heavy atom. The summed E-state index contributed by atoms with van der Waals surface area (Å²) < 4.78 is 0. The Morgan fingerprint density at radius 3 is 2.67 bits per heavy atom. The van der Waals surface area contributed by atoms with Crippen LogP contribution in [-0.4, -0.2) is 11.5 Å². The zero-order valence-electron chi connectivity index (χ0n) is 10.4. The molecule has 0 aliphatic heterocycles. The summed E-state index contributed by atoms with van der Waals surface area (Å²) in [6.45, 7) is 3.10. The summed E-state index contributed by atoms with van der Waals surface area (Å²) in [4.78, 5) is 4.20. The number of hydrogen-bond acceptors (Lipinski definition) is 2. The fourth-order valence-corrected chi connectivity index (χ4v) is 2.06. The van der Waals surface area contributed by atoms with E-state index >= 15 is 0 Å². The van der Waals surface area contributed by atoms with Crippen LogP contribution >= 0.6 is 11.6 Å². The third-order valence-corrected chi connectivity index (χ3v) is 3.30. The molecule has 2 aromatic rings. The predicted octanol–water partition coefficient (Wildman–Crippen LogP) is 4.34. The van der Waals surface area contributed by atoms with Gasteiger partial charge in [-0.25, -0.2) is 4.98 Å². The van der Waals surface area contributed by atoms with Crippen molar-refractivity contribution in [2.75, 3.05) is 11.9 Å². The van der Waals surface area contributed by atoms with Crippen LogP contribution in [0.4, 0.5) is 5.82 Å². The molecule has 1 atom stereocenters. The number of aromatic nitrogens is 1. The number of pyridine rings is 1. The quantitative estimate of drug-likeness (QED) is 0.865. The normalized spacial score (nSPS) is 12.1. The Morgan fingerprint density at radius 2 is 1.94 bits per heavy atom. The first-order valence-electron chi connectivity index (χ1n) is 6.16. The zero-order valence-corrected chi connectivity index (χ0v) is 11.2. The van der Waals surface area contributed by atoms with Gasteiger partial charge in [0.05, 0.1) is 5.02 Å². The van der Waals surface area contributed by atoms with Crippen molar-refractivity contribution in [1.29, 1.82) is 0 Å². The number of nitrogens with zero attached hydrogens (tertiary/aromatic N) is 1. The van der Waals surface area contributed by atoms with E-state index < -0.39 is 0 Å². The van der Waals surface area contributed by atoms with Crippen LogP contribution in [-0.2, 0) is 0 Å². The summed E-state index contributed by atoms with van der Waals surface area (Å²) in [6, 6.07) is 14.2. The van der Waals surface area contributed by atoms with Gasteiger partial charge >= 0.3 is 0 Å². The molecule has 3 heteroatoms. The summed E-state index contributed by atoms with van der Waals surface area (Å²) in [5.41, 5.74) is 1.37. The maximum Gasteiger partial charge on any atom is 0.144 e. The Bertz CT molecular complexity index is 485. The van der Waals surface area contributed by atoms with Crippen molar-refractivity contribution in [3.05, 3.63) is 59.2 Å². The molecule has 1 heterocycles. The lowest BCUT2D eigenvalue weighted by Gasteiger charge is -2.13. The van der Waals surface area contributed by atoms with Gasteiger partial charge in [-0.2, -0.15) is 0 Å². The molecule has 0 aliphatic carbocycles. The SMILES string of the molecule is CC(CCNc1ncccc1Cl)c1ccccc1. The molecular weight excluding hydrogens is 244 g/mol. The fourth-order valence-electron chi connectivity index (χ4n) is 1.87. The topological polar surface area (TPSA) is 24.9 Å². The summed E-state index contributed by atoms with van der Waals surface area (Å²) >= 11 is 6.03. The zero-order chi connectivity index (χ0) is 12.8. The predicted molar refractivity (Wildman–Crippen MR) is 77.2 cm³/mol. The highest BCUT2D eigenvalue weighted by atomic mass is 35.5. The molecular formula is C15H17ClN2. The molecule has 0 aliphatic rings.